The van der Waals surface area contributed by atoms with E-state index in [4.69, 9.17) is 11.6 Å². The van der Waals surface area contributed by atoms with E-state index in [0.29, 0.717) is 17.5 Å². The Kier molecular flexibility index (Phi) is 4.94. The zero-order chi connectivity index (χ0) is 18.0. The van der Waals surface area contributed by atoms with Gasteiger partial charge in [0.15, 0.2) is 5.75 Å². The third-order valence-electron chi connectivity index (χ3n) is 3.85. The lowest BCUT2D eigenvalue weighted by molar-refractivity contribution is 0.463. The van der Waals surface area contributed by atoms with Gasteiger partial charge in [-0.05, 0) is 37.1 Å². The van der Waals surface area contributed by atoms with Crippen LogP contribution < -0.4 is 4.72 Å². The van der Waals surface area contributed by atoms with E-state index in [2.05, 4.69) is 9.71 Å². The van der Waals surface area contributed by atoms with Gasteiger partial charge in [-0.15, -0.1) is 0 Å². The number of sulfonamides is 1. The first kappa shape index (κ1) is 17.7. The van der Waals surface area contributed by atoms with Crippen LogP contribution in [0.2, 0.25) is 5.02 Å². The number of pyridine rings is 1. The highest BCUT2D eigenvalue weighted by Crippen LogP contribution is 2.35. The third-order valence-corrected chi connectivity index (χ3v) is 5.63. The smallest absolute Gasteiger partial charge is 0.244 e. The molecule has 25 heavy (non-hydrogen) atoms. The number of rotatable bonds is 5. The van der Waals surface area contributed by atoms with E-state index >= 15 is 0 Å². The summed E-state index contributed by atoms with van der Waals surface area (Å²) >= 11 is 6.18. The monoisotopic (exact) mass is 376 g/mol. The topological polar surface area (TPSA) is 79.3 Å². The summed E-state index contributed by atoms with van der Waals surface area (Å²) in [6.07, 6.45) is 0.541. The molecule has 0 aliphatic rings. The van der Waals surface area contributed by atoms with Gasteiger partial charge in [0.2, 0.25) is 10.0 Å². The zero-order valence-corrected chi connectivity index (χ0v) is 15.1. The van der Waals surface area contributed by atoms with Crippen molar-refractivity contribution in [2.24, 2.45) is 0 Å². The second-order valence-electron chi connectivity index (χ2n) is 5.69. The van der Waals surface area contributed by atoms with Crippen LogP contribution in [0.4, 0.5) is 0 Å². The van der Waals surface area contributed by atoms with Crippen molar-refractivity contribution in [3.05, 3.63) is 64.8 Å². The number of fused-ring (bicyclic) bond motifs is 1. The van der Waals surface area contributed by atoms with Crippen LogP contribution in [-0.4, -0.2) is 25.1 Å². The molecule has 1 aromatic heterocycles. The number of phenolic OH excluding ortho intramolecular Hbond substituents is 1. The fourth-order valence-corrected chi connectivity index (χ4v) is 4.04. The lowest BCUT2D eigenvalue weighted by atomic mass is 10.2. The predicted octanol–water partition coefficient (Wildman–Crippen LogP) is 3.42. The highest BCUT2D eigenvalue weighted by atomic mass is 35.5. The average molecular weight is 377 g/mol. The van der Waals surface area contributed by atoms with Crippen molar-refractivity contribution < 1.29 is 13.5 Å². The summed E-state index contributed by atoms with van der Waals surface area (Å²) in [6, 6.07) is 14.2. The Labute approximate surface area is 151 Å². The summed E-state index contributed by atoms with van der Waals surface area (Å²) in [4.78, 5) is 3.94. The second-order valence-corrected chi connectivity index (χ2v) is 7.83. The van der Waals surface area contributed by atoms with E-state index in [9.17, 15) is 13.5 Å². The van der Waals surface area contributed by atoms with Gasteiger partial charge >= 0.3 is 0 Å². The Hall–Kier alpha value is -2.15. The molecule has 0 amide bonds. The van der Waals surface area contributed by atoms with E-state index in [1.807, 2.05) is 30.3 Å². The summed E-state index contributed by atoms with van der Waals surface area (Å²) in [6.45, 7) is 1.97. The van der Waals surface area contributed by atoms with Crippen molar-refractivity contribution in [2.45, 2.75) is 18.2 Å². The molecule has 0 spiro atoms. The minimum Gasteiger partial charge on any atom is -0.504 e. The number of phenols is 1. The molecule has 3 aromatic rings. The Morgan fingerprint density at radius 1 is 1.16 bits per heavy atom. The van der Waals surface area contributed by atoms with E-state index < -0.39 is 15.8 Å². The molecule has 5 nitrogen and oxygen atoms in total. The molecule has 0 bridgehead atoms. The highest BCUT2D eigenvalue weighted by Gasteiger charge is 2.22. The highest BCUT2D eigenvalue weighted by molar-refractivity contribution is 7.89. The van der Waals surface area contributed by atoms with Gasteiger partial charge in [-0.1, -0.05) is 41.9 Å². The molecule has 2 N–H and O–H groups in total. The summed E-state index contributed by atoms with van der Waals surface area (Å²) < 4.78 is 27.6. The molecule has 2 aromatic carbocycles. The van der Waals surface area contributed by atoms with E-state index in [1.54, 1.807) is 19.1 Å². The summed E-state index contributed by atoms with van der Waals surface area (Å²) in [7, 11) is -3.91. The molecule has 0 aliphatic carbocycles. The molecular formula is C18H17ClN2O3S. The predicted molar refractivity (Wildman–Crippen MR) is 98.5 cm³/mol. The van der Waals surface area contributed by atoms with Crippen LogP contribution in [0.25, 0.3) is 10.9 Å². The SMILES string of the molecule is Cc1ccc2c(Cl)cc(S(=O)(=O)NCCc3ccccc3)c(O)c2n1. The number of nitrogens with one attached hydrogen (secondary N) is 1. The van der Waals surface area contributed by atoms with Gasteiger partial charge in [-0.25, -0.2) is 18.1 Å². The molecule has 130 valence electrons. The van der Waals surface area contributed by atoms with E-state index in [1.165, 1.54) is 6.07 Å². The number of benzene rings is 2. The summed E-state index contributed by atoms with van der Waals surface area (Å²) in [5.74, 6) is -0.393. The maximum Gasteiger partial charge on any atom is 0.244 e. The lowest BCUT2D eigenvalue weighted by Crippen LogP contribution is -2.26. The molecule has 0 unspecified atom stereocenters. The van der Waals surface area contributed by atoms with Crippen LogP contribution in [0, 0.1) is 6.92 Å². The Morgan fingerprint density at radius 3 is 2.60 bits per heavy atom. The van der Waals surface area contributed by atoms with Crippen LogP contribution in [0.5, 0.6) is 5.75 Å². The minimum absolute atomic E-state index is 0.177. The molecule has 0 atom stereocenters. The van der Waals surface area contributed by atoms with Gasteiger partial charge in [-0.2, -0.15) is 0 Å². The quantitative estimate of drug-likeness (QED) is 0.715. The van der Waals surface area contributed by atoms with Gasteiger partial charge in [-0.3, -0.25) is 0 Å². The molecule has 1 heterocycles. The van der Waals surface area contributed by atoms with Crippen molar-refractivity contribution in [3.8, 4) is 5.75 Å². The normalized spacial score (nSPS) is 11.8. The Morgan fingerprint density at radius 2 is 1.88 bits per heavy atom. The molecule has 3 rings (SSSR count). The standard InChI is InChI=1S/C18H17ClN2O3S/c1-12-7-8-14-15(19)11-16(18(22)17(14)21-12)25(23,24)20-10-9-13-5-3-2-4-6-13/h2-8,11,20,22H,9-10H2,1H3. The maximum atomic E-state index is 12.6. The molecule has 0 fully saturated rings. The van der Waals surface area contributed by atoms with Crippen molar-refractivity contribution in [2.75, 3.05) is 6.54 Å². The molecule has 0 aliphatic heterocycles. The molecular weight excluding hydrogens is 360 g/mol. The summed E-state index contributed by atoms with van der Waals surface area (Å²) in [5.41, 5.74) is 1.85. The fraction of sp³-hybridized carbons (Fsp3) is 0.167. The van der Waals surface area contributed by atoms with Crippen LogP contribution in [-0.2, 0) is 16.4 Å². The summed E-state index contributed by atoms with van der Waals surface area (Å²) in [5, 5.41) is 11.1. The molecule has 0 saturated carbocycles. The van der Waals surface area contributed by atoms with Gasteiger partial charge < -0.3 is 5.11 Å². The number of nitrogens with zero attached hydrogens (tertiary/aromatic N) is 1. The van der Waals surface area contributed by atoms with Crippen LogP contribution in [0.15, 0.2) is 53.4 Å². The lowest BCUT2D eigenvalue weighted by Gasteiger charge is -2.11. The fourth-order valence-electron chi connectivity index (χ4n) is 2.56. The first-order valence-corrected chi connectivity index (χ1v) is 9.57. The Bertz CT molecular complexity index is 1020. The third kappa shape index (κ3) is 3.76. The Balaban J connectivity index is 1.90. The number of halogens is 1. The number of aryl methyl sites for hydroxylation is 1. The first-order chi connectivity index (χ1) is 11.9. The van der Waals surface area contributed by atoms with E-state index in [0.717, 1.165) is 5.56 Å². The van der Waals surface area contributed by atoms with Crippen molar-refractivity contribution in [1.82, 2.24) is 9.71 Å². The molecule has 0 radical (unpaired) electrons. The van der Waals surface area contributed by atoms with E-state index in [-0.39, 0.29) is 22.0 Å². The second kappa shape index (κ2) is 7.00. The first-order valence-electron chi connectivity index (χ1n) is 7.71. The van der Waals surface area contributed by atoms with Crippen LogP contribution >= 0.6 is 11.6 Å². The van der Waals surface area contributed by atoms with Crippen LogP contribution in [0.1, 0.15) is 11.3 Å². The number of aromatic nitrogens is 1. The number of aromatic hydroxyl groups is 1. The number of hydrogen-bond acceptors (Lipinski definition) is 4. The van der Waals surface area contributed by atoms with Crippen LogP contribution in [0.3, 0.4) is 0 Å². The molecule has 7 heteroatoms. The average Bonchev–Trinajstić information content (AvgIpc) is 2.58. The minimum atomic E-state index is -3.91. The van der Waals surface area contributed by atoms with Crippen molar-refractivity contribution in [3.63, 3.8) is 0 Å². The van der Waals surface area contributed by atoms with Gasteiger partial charge in [0, 0.05) is 17.6 Å². The number of hydrogen-bond donors (Lipinski definition) is 2. The zero-order valence-electron chi connectivity index (χ0n) is 13.5. The maximum absolute atomic E-state index is 12.6. The van der Waals surface area contributed by atoms with Crippen molar-refractivity contribution in [1.29, 1.82) is 0 Å². The van der Waals surface area contributed by atoms with Gasteiger partial charge in [0.1, 0.15) is 10.4 Å². The molecule has 0 saturated heterocycles. The largest absolute Gasteiger partial charge is 0.504 e. The van der Waals surface area contributed by atoms with Gasteiger partial charge in [0.25, 0.3) is 0 Å². The van der Waals surface area contributed by atoms with Crippen molar-refractivity contribution >= 4 is 32.5 Å². The van der Waals surface area contributed by atoms with Gasteiger partial charge in [0.05, 0.1) is 5.02 Å².